The van der Waals surface area contributed by atoms with Gasteiger partial charge < -0.3 is 10.2 Å². The number of nitrogens with one attached hydrogen (secondary N) is 1. The smallest absolute Gasteiger partial charge is 0.00643 e. The monoisotopic (exact) mass is 228 g/mol. The first-order chi connectivity index (χ1) is 7.76. The molecule has 0 aromatic carbocycles. The zero-order valence-electron chi connectivity index (χ0n) is 11.9. The Labute approximate surface area is 103 Å². The van der Waals surface area contributed by atoms with E-state index in [-0.39, 0.29) is 0 Å². The summed E-state index contributed by atoms with van der Waals surface area (Å²) in [5.74, 6) is 0. The van der Waals surface area contributed by atoms with E-state index in [4.69, 9.17) is 0 Å². The summed E-state index contributed by atoms with van der Waals surface area (Å²) in [6.45, 7) is 13.9. The molecule has 1 atom stereocenters. The van der Waals surface area contributed by atoms with Crippen LogP contribution in [-0.4, -0.2) is 37.1 Å². The maximum atomic E-state index is 3.39. The summed E-state index contributed by atoms with van der Waals surface area (Å²) in [7, 11) is 0. The molecule has 0 aliphatic carbocycles. The van der Waals surface area contributed by atoms with Gasteiger partial charge in [-0.1, -0.05) is 27.2 Å². The lowest BCUT2D eigenvalue weighted by molar-refractivity contribution is 0.197. The topological polar surface area (TPSA) is 15.3 Å². The fourth-order valence-corrected chi connectivity index (χ4v) is 1.91. The lowest BCUT2D eigenvalue weighted by Gasteiger charge is -2.28. The van der Waals surface area contributed by atoms with Crippen LogP contribution in [-0.2, 0) is 0 Å². The van der Waals surface area contributed by atoms with Crippen LogP contribution in [0.15, 0.2) is 0 Å². The lowest BCUT2D eigenvalue weighted by atomic mass is 10.1. The highest BCUT2D eigenvalue weighted by Crippen LogP contribution is 2.07. The van der Waals surface area contributed by atoms with Crippen LogP contribution in [0.25, 0.3) is 0 Å². The number of hydrogen-bond donors (Lipinski definition) is 1. The third-order valence-corrected chi connectivity index (χ3v) is 3.31. The van der Waals surface area contributed by atoms with Gasteiger partial charge in [0.05, 0.1) is 0 Å². The molecule has 1 N–H and O–H groups in total. The van der Waals surface area contributed by atoms with Gasteiger partial charge in [0, 0.05) is 6.04 Å². The van der Waals surface area contributed by atoms with E-state index < -0.39 is 0 Å². The van der Waals surface area contributed by atoms with Crippen LogP contribution >= 0.6 is 0 Å². The minimum Gasteiger partial charge on any atom is -0.317 e. The van der Waals surface area contributed by atoms with Gasteiger partial charge in [0.15, 0.2) is 0 Å². The third kappa shape index (κ3) is 8.12. The Bertz CT molecular complexity index is 137. The van der Waals surface area contributed by atoms with Crippen molar-refractivity contribution in [3.05, 3.63) is 0 Å². The highest BCUT2D eigenvalue weighted by molar-refractivity contribution is 4.66. The van der Waals surface area contributed by atoms with Gasteiger partial charge in [0.25, 0.3) is 0 Å². The van der Waals surface area contributed by atoms with E-state index in [2.05, 4.69) is 37.9 Å². The predicted molar refractivity (Wildman–Crippen MR) is 74.0 cm³/mol. The molecule has 98 valence electrons. The molecule has 1 unspecified atom stereocenters. The molecular formula is C14H32N2. The van der Waals surface area contributed by atoms with Gasteiger partial charge >= 0.3 is 0 Å². The highest BCUT2D eigenvalue weighted by Gasteiger charge is 2.10. The van der Waals surface area contributed by atoms with Gasteiger partial charge in [-0.15, -0.1) is 0 Å². The fraction of sp³-hybridized carbons (Fsp3) is 1.00. The SMILES string of the molecule is CCCCN(CCCCNCC)C(C)CC. The van der Waals surface area contributed by atoms with E-state index in [0.29, 0.717) is 0 Å². The Morgan fingerprint density at radius 3 is 2.25 bits per heavy atom. The van der Waals surface area contributed by atoms with Crippen molar-refractivity contribution in [1.82, 2.24) is 10.2 Å². The summed E-state index contributed by atoms with van der Waals surface area (Å²) in [6.07, 6.45) is 6.58. The highest BCUT2D eigenvalue weighted by atomic mass is 15.1. The van der Waals surface area contributed by atoms with E-state index in [1.165, 1.54) is 51.7 Å². The molecule has 16 heavy (non-hydrogen) atoms. The zero-order chi connectivity index (χ0) is 12.2. The summed E-state index contributed by atoms with van der Waals surface area (Å²) in [5.41, 5.74) is 0. The first-order valence-electron chi connectivity index (χ1n) is 7.20. The fourth-order valence-electron chi connectivity index (χ4n) is 1.91. The summed E-state index contributed by atoms with van der Waals surface area (Å²) >= 11 is 0. The molecule has 0 aliphatic rings. The molecule has 2 nitrogen and oxygen atoms in total. The Balaban J connectivity index is 3.65. The number of rotatable bonds is 11. The molecule has 0 aliphatic heterocycles. The second kappa shape index (κ2) is 11.4. The molecule has 0 rings (SSSR count). The van der Waals surface area contributed by atoms with Crippen molar-refractivity contribution in [2.45, 2.75) is 65.8 Å². The van der Waals surface area contributed by atoms with Crippen molar-refractivity contribution in [1.29, 1.82) is 0 Å². The van der Waals surface area contributed by atoms with E-state index in [1.54, 1.807) is 0 Å². The molecule has 0 heterocycles. The predicted octanol–water partition coefficient (Wildman–Crippen LogP) is 3.28. The Hall–Kier alpha value is -0.0800. The van der Waals surface area contributed by atoms with Crippen LogP contribution in [0.4, 0.5) is 0 Å². The van der Waals surface area contributed by atoms with E-state index in [1.807, 2.05) is 0 Å². The van der Waals surface area contributed by atoms with Crippen molar-refractivity contribution in [2.24, 2.45) is 0 Å². The van der Waals surface area contributed by atoms with E-state index in [9.17, 15) is 0 Å². The molecule has 0 saturated heterocycles. The van der Waals surface area contributed by atoms with Gasteiger partial charge in [-0.25, -0.2) is 0 Å². The van der Waals surface area contributed by atoms with Gasteiger partial charge in [0.1, 0.15) is 0 Å². The average molecular weight is 228 g/mol. The standard InChI is InChI=1S/C14H32N2/c1-5-8-12-16(14(4)6-2)13-10-9-11-15-7-3/h14-15H,5-13H2,1-4H3. The Kier molecular flexibility index (Phi) is 11.3. The molecule has 0 aromatic heterocycles. The summed E-state index contributed by atoms with van der Waals surface area (Å²) in [4.78, 5) is 2.66. The molecular weight excluding hydrogens is 196 g/mol. The maximum Gasteiger partial charge on any atom is 0.00643 e. The van der Waals surface area contributed by atoms with Crippen LogP contribution in [0.3, 0.4) is 0 Å². The second-order valence-electron chi connectivity index (χ2n) is 4.71. The van der Waals surface area contributed by atoms with Crippen LogP contribution in [0.1, 0.15) is 59.8 Å². The normalized spacial score (nSPS) is 13.3. The van der Waals surface area contributed by atoms with Gasteiger partial charge in [-0.3, -0.25) is 0 Å². The van der Waals surface area contributed by atoms with Crippen molar-refractivity contribution in [3.8, 4) is 0 Å². The first kappa shape index (κ1) is 15.9. The second-order valence-corrected chi connectivity index (χ2v) is 4.71. The number of nitrogens with zero attached hydrogens (tertiary/aromatic N) is 1. The summed E-state index contributed by atoms with van der Waals surface area (Å²) in [6, 6.07) is 0.755. The molecule has 0 fully saturated rings. The maximum absolute atomic E-state index is 3.39. The number of unbranched alkanes of at least 4 members (excludes halogenated alkanes) is 2. The average Bonchev–Trinajstić information content (AvgIpc) is 2.31. The quantitative estimate of drug-likeness (QED) is 0.546. The van der Waals surface area contributed by atoms with E-state index >= 15 is 0 Å². The molecule has 0 radical (unpaired) electrons. The molecule has 0 saturated carbocycles. The molecule has 0 spiro atoms. The Morgan fingerprint density at radius 2 is 1.69 bits per heavy atom. The first-order valence-corrected chi connectivity index (χ1v) is 7.20. The van der Waals surface area contributed by atoms with Crippen LogP contribution in [0.5, 0.6) is 0 Å². The Morgan fingerprint density at radius 1 is 1.00 bits per heavy atom. The van der Waals surface area contributed by atoms with Gasteiger partial charge in [-0.05, 0) is 58.8 Å². The van der Waals surface area contributed by atoms with Crippen molar-refractivity contribution >= 4 is 0 Å². The molecule has 2 heteroatoms. The lowest BCUT2D eigenvalue weighted by Crippen LogP contribution is -2.34. The third-order valence-electron chi connectivity index (χ3n) is 3.31. The van der Waals surface area contributed by atoms with Crippen molar-refractivity contribution in [3.63, 3.8) is 0 Å². The minimum absolute atomic E-state index is 0.755. The summed E-state index contributed by atoms with van der Waals surface area (Å²) < 4.78 is 0. The molecule has 0 aromatic rings. The minimum atomic E-state index is 0.755. The molecule has 0 amide bonds. The van der Waals surface area contributed by atoms with Gasteiger partial charge in [-0.2, -0.15) is 0 Å². The van der Waals surface area contributed by atoms with Crippen molar-refractivity contribution in [2.75, 3.05) is 26.2 Å². The number of hydrogen-bond acceptors (Lipinski definition) is 2. The van der Waals surface area contributed by atoms with Gasteiger partial charge in [0.2, 0.25) is 0 Å². The van der Waals surface area contributed by atoms with Crippen LogP contribution in [0.2, 0.25) is 0 Å². The van der Waals surface area contributed by atoms with Crippen molar-refractivity contribution < 1.29 is 0 Å². The largest absolute Gasteiger partial charge is 0.317 e. The molecule has 0 bridgehead atoms. The van der Waals surface area contributed by atoms with E-state index in [0.717, 1.165) is 12.6 Å². The zero-order valence-corrected chi connectivity index (χ0v) is 11.9. The summed E-state index contributed by atoms with van der Waals surface area (Å²) in [5, 5.41) is 3.39. The van der Waals surface area contributed by atoms with Crippen LogP contribution in [0, 0.1) is 0 Å². The van der Waals surface area contributed by atoms with Crippen LogP contribution < -0.4 is 5.32 Å².